The van der Waals surface area contributed by atoms with Crippen LogP contribution in [0.5, 0.6) is 11.5 Å². The summed E-state index contributed by atoms with van der Waals surface area (Å²) in [6, 6.07) is 9.90. The fourth-order valence-electron chi connectivity index (χ4n) is 2.34. The van der Waals surface area contributed by atoms with E-state index in [1.807, 2.05) is 4.86 Å². The Morgan fingerprint density at radius 2 is 1.79 bits per heavy atom. The summed E-state index contributed by atoms with van der Waals surface area (Å²) < 4.78 is 0.800. The van der Waals surface area contributed by atoms with Crippen molar-refractivity contribution in [3.05, 3.63) is 62.4 Å². The summed E-state index contributed by atoms with van der Waals surface area (Å²) in [5.74, 6) is -1.09. The Hall–Kier alpha value is -2.04. The van der Waals surface area contributed by atoms with E-state index in [-0.39, 0.29) is 33.2 Å². The van der Waals surface area contributed by atoms with Crippen molar-refractivity contribution >= 4 is 49.1 Å². The molecule has 7 heteroatoms. The van der Waals surface area contributed by atoms with Crippen molar-refractivity contribution in [1.82, 2.24) is 5.32 Å². The van der Waals surface area contributed by atoms with Gasteiger partial charge in [-0.05, 0) is 0 Å². The van der Waals surface area contributed by atoms with E-state index in [0.717, 1.165) is 10.0 Å². The van der Waals surface area contributed by atoms with E-state index >= 15 is 0 Å². The number of fused-ring (bicyclic) bond motifs is 1. The Bertz CT molecular complexity index is 879. The number of hydrogen-bond acceptors (Lipinski definition) is 4. The summed E-state index contributed by atoms with van der Waals surface area (Å²) in [5, 5.41) is 21.9. The summed E-state index contributed by atoms with van der Waals surface area (Å²) in [6.07, 6.45) is 0. The van der Waals surface area contributed by atoms with Crippen molar-refractivity contribution in [1.29, 1.82) is 0 Å². The van der Waals surface area contributed by atoms with Crippen molar-refractivity contribution in [2.75, 3.05) is 0 Å². The summed E-state index contributed by atoms with van der Waals surface area (Å²) in [4.78, 5) is 25.9. The van der Waals surface area contributed by atoms with E-state index in [9.17, 15) is 19.8 Å². The number of imide groups is 1. The minimum atomic E-state index is -0.394. The van der Waals surface area contributed by atoms with Gasteiger partial charge in [-0.1, -0.05) is 0 Å². The normalized spacial score (nSPS) is 15.8. The van der Waals surface area contributed by atoms with Gasteiger partial charge in [0.1, 0.15) is 0 Å². The molecular weight excluding hydrogens is 437 g/mol. The molecule has 2 amide bonds. The van der Waals surface area contributed by atoms with Crippen LogP contribution >= 0.6 is 15.9 Å². The summed E-state index contributed by atoms with van der Waals surface area (Å²) in [5.41, 5.74) is 2.48. The Labute approximate surface area is 153 Å². The van der Waals surface area contributed by atoms with E-state index in [4.69, 9.17) is 0 Å². The fourth-order valence-corrected chi connectivity index (χ4v) is 4.66. The number of halogens is 1. The van der Waals surface area contributed by atoms with Crippen LogP contribution in [0.2, 0.25) is 0 Å². The first-order chi connectivity index (χ1) is 11.5. The van der Waals surface area contributed by atoms with Crippen LogP contribution < -0.4 is 5.32 Å². The third kappa shape index (κ3) is 3.40. The number of benzene rings is 2. The summed E-state index contributed by atoms with van der Waals surface area (Å²) >= 11 is 3.00. The molecule has 0 saturated heterocycles. The number of carbonyl (C=O) groups excluding carboxylic acids is 2. The van der Waals surface area contributed by atoms with E-state index in [1.54, 1.807) is 24.3 Å². The van der Waals surface area contributed by atoms with Crippen molar-refractivity contribution in [3.63, 3.8) is 0 Å². The van der Waals surface area contributed by atoms with Crippen LogP contribution in [0.3, 0.4) is 0 Å². The van der Waals surface area contributed by atoms with Gasteiger partial charge in [0, 0.05) is 0 Å². The first kappa shape index (κ1) is 16.8. The second-order valence-corrected chi connectivity index (χ2v) is 8.07. The number of amides is 2. The van der Waals surface area contributed by atoms with Gasteiger partial charge in [0.25, 0.3) is 0 Å². The molecule has 2 aromatic rings. The topological polar surface area (TPSA) is 86.6 Å². The molecule has 2 aromatic carbocycles. The van der Waals surface area contributed by atoms with Gasteiger partial charge in [0.05, 0.1) is 0 Å². The Morgan fingerprint density at radius 3 is 2.54 bits per heavy atom. The molecule has 0 aromatic heterocycles. The zero-order chi connectivity index (χ0) is 17.3. The van der Waals surface area contributed by atoms with Gasteiger partial charge < -0.3 is 0 Å². The first-order valence-corrected chi connectivity index (χ1v) is 10.2. The van der Waals surface area contributed by atoms with Crippen LogP contribution in [0.4, 0.5) is 0 Å². The van der Waals surface area contributed by atoms with E-state index in [0.29, 0.717) is 21.9 Å². The van der Waals surface area contributed by atoms with Gasteiger partial charge in [-0.2, -0.15) is 0 Å². The quantitative estimate of drug-likeness (QED) is 0.291. The Kier molecular flexibility index (Phi) is 4.78. The molecule has 3 rings (SSSR count). The molecular formula is C17H12AsBrNO4. The van der Waals surface area contributed by atoms with Crippen LogP contribution in [0.15, 0.2) is 45.7 Å². The monoisotopic (exact) mass is 448 g/mol. The number of phenolic OH excluding ortho intramolecular Hbond substituents is 2. The van der Waals surface area contributed by atoms with Gasteiger partial charge in [-0.3, -0.25) is 0 Å². The van der Waals surface area contributed by atoms with Crippen LogP contribution in [-0.2, 0) is 10.0 Å². The van der Waals surface area contributed by atoms with E-state index < -0.39 is 5.91 Å². The molecule has 0 saturated carbocycles. The molecule has 0 fully saturated rings. The predicted molar refractivity (Wildman–Crippen MR) is 93.8 cm³/mol. The van der Waals surface area contributed by atoms with Gasteiger partial charge in [-0.25, -0.2) is 0 Å². The summed E-state index contributed by atoms with van der Waals surface area (Å²) in [7, 11) is 0. The number of nitrogens with one attached hydrogen (secondary N) is 1. The van der Waals surface area contributed by atoms with E-state index in [1.165, 1.54) is 12.1 Å². The van der Waals surface area contributed by atoms with Crippen LogP contribution in [0.25, 0.3) is 5.57 Å². The number of rotatable bonds is 3. The molecule has 0 bridgehead atoms. The maximum absolute atomic E-state index is 12.1. The molecule has 0 atom stereocenters. The Balaban J connectivity index is 1.85. The molecule has 0 unspecified atom stereocenters. The summed E-state index contributed by atoms with van der Waals surface area (Å²) in [6.45, 7) is 0. The molecule has 121 valence electrons. The average Bonchev–Trinajstić information content (AvgIpc) is 2.53. The molecule has 24 heavy (non-hydrogen) atoms. The third-order valence-electron chi connectivity index (χ3n) is 3.52. The van der Waals surface area contributed by atoms with Gasteiger partial charge in [0.2, 0.25) is 0 Å². The van der Waals surface area contributed by atoms with Crippen molar-refractivity contribution in [2.24, 2.45) is 0 Å². The molecule has 3 N–H and O–H groups in total. The van der Waals surface area contributed by atoms with Crippen molar-refractivity contribution < 1.29 is 19.8 Å². The second kappa shape index (κ2) is 6.83. The van der Waals surface area contributed by atoms with Gasteiger partial charge >= 0.3 is 153 Å². The van der Waals surface area contributed by atoms with Crippen molar-refractivity contribution in [2.45, 2.75) is 5.21 Å². The van der Waals surface area contributed by atoms with Gasteiger partial charge in [-0.15, -0.1) is 0 Å². The molecule has 0 aliphatic carbocycles. The molecule has 1 aliphatic rings. The fraction of sp³-hybridized carbons (Fsp3) is 0.0588. The van der Waals surface area contributed by atoms with Crippen molar-refractivity contribution in [3.8, 4) is 11.5 Å². The zero-order valence-corrected chi connectivity index (χ0v) is 15.7. The number of phenols is 2. The standard InChI is InChI=1S/C17H12AsBrNO4/c19-10-2-3-11-12(6-10)13(17(24)20-16(11)23)8-18-7-9-1-4-14(21)15(22)5-9/h1-6,8,21-22H,7H2,(H,20,23,24). The minimum absolute atomic E-state index is 0.155. The van der Waals surface area contributed by atoms with E-state index in [2.05, 4.69) is 21.2 Å². The number of aromatic hydroxyl groups is 2. The van der Waals surface area contributed by atoms with Gasteiger partial charge in [0.15, 0.2) is 0 Å². The second-order valence-electron chi connectivity index (χ2n) is 5.18. The third-order valence-corrected chi connectivity index (χ3v) is 6.09. The molecule has 1 heterocycles. The number of hydrogen-bond donors (Lipinski definition) is 3. The molecule has 0 spiro atoms. The van der Waals surface area contributed by atoms with Crippen LogP contribution in [0, 0.1) is 0 Å². The number of carbonyl (C=O) groups is 2. The molecule has 1 radical (unpaired) electrons. The molecule has 5 nitrogen and oxygen atoms in total. The molecule has 1 aliphatic heterocycles. The van der Waals surface area contributed by atoms with Crippen LogP contribution in [0.1, 0.15) is 21.5 Å². The average molecular weight is 449 g/mol. The maximum atomic E-state index is 12.1. The SMILES string of the molecule is O=C1NC(=O)c2ccc(Br)cc2C1=C[As]Cc1ccc(O)c(O)c1. The predicted octanol–water partition coefficient (Wildman–Crippen LogP) is 2.38. The first-order valence-electron chi connectivity index (χ1n) is 6.99. The zero-order valence-electron chi connectivity index (χ0n) is 12.3. The van der Waals surface area contributed by atoms with Crippen LogP contribution in [-0.4, -0.2) is 37.8 Å². The Morgan fingerprint density at radius 1 is 1.00 bits per heavy atom.